The fraction of sp³-hybridized carbons (Fsp3) is 0.565. The number of aromatic nitrogens is 3. The fourth-order valence-electron chi connectivity index (χ4n) is 4.19. The maximum absolute atomic E-state index is 13.3. The van der Waals surface area contributed by atoms with Crippen molar-refractivity contribution in [1.29, 1.82) is 0 Å². The summed E-state index contributed by atoms with van der Waals surface area (Å²) < 4.78 is 46.3. The summed E-state index contributed by atoms with van der Waals surface area (Å²) in [6.07, 6.45) is -0.282. The fourth-order valence-corrected chi connectivity index (χ4v) is 4.19. The molecule has 2 fully saturated rings. The third-order valence-electron chi connectivity index (χ3n) is 5.98. The van der Waals surface area contributed by atoms with Gasteiger partial charge >= 0.3 is 6.18 Å². The van der Waals surface area contributed by atoms with Crippen molar-refractivity contribution in [3.63, 3.8) is 0 Å². The van der Waals surface area contributed by atoms with E-state index in [2.05, 4.69) is 10.4 Å². The van der Waals surface area contributed by atoms with Crippen molar-refractivity contribution >= 4 is 23.5 Å². The van der Waals surface area contributed by atoms with Gasteiger partial charge in [0.2, 0.25) is 11.8 Å². The number of aromatic hydroxyl groups is 1. The van der Waals surface area contributed by atoms with Gasteiger partial charge in [-0.3, -0.25) is 19.0 Å². The molecule has 1 aliphatic heterocycles. The second-order valence-electron chi connectivity index (χ2n) is 9.50. The molecular formula is C23H28F3N5O5. The highest BCUT2D eigenvalue weighted by Gasteiger charge is 2.37. The van der Waals surface area contributed by atoms with Crippen LogP contribution in [-0.4, -0.2) is 74.0 Å². The average molecular weight is 512 g/mol. The van der Waals surface area contributed by atoms with E-state index in [-0.39, 0.29) is 49.5 Å². The highest BCUT2D eigenvalue weighted by molar-refractivity contribution is 5.97. The van der Waals surface area contributed by atoms with Crippen molar-refractivity contribution < 1.29 is 32.6 Å². The minimum atomic E-state index is -4.45. The molecule has 1 saturated heterocycles. The predicted molar refractivity (Wildman–Crippen MR) is 122 cm³/mol. The number of hydrogen-bond donors (Lipinski definition) is 2. The lowest BCUT2D eigenvalue weighted by molar-refractivity contribution is -0.164. The van der Waals surface area contributed by atoms with Crippen LogP contribution in [0.1, 0.15) is 49.0 Å². The lowest BCUT2D eigenvalue weighted by Gasteiger charge is -2.35. The first-order chi connectivity index (χ1) is 17.0. The van der Waals surface area contributed by atoms with Gasteiger partial charge in [0, 0.05) is 30.8 Å². The SMILES string of the molecule is CC(C)Cn1c(=O)c(C(=O)NC2CC2)c(O)n2ncc(C=CC(=O)N3CCOCC3CC(F)(F)F)c12. The molecule has 1 saturated carbocycles. The quantitative estimate of drug-likeness (QED) is 0.549. The molecule has 0 bridgehead atoms. The first-order valence-corrected chi connectivity index (χ1v) is 11.7. The Morgan fingerprint density at radius 3 is 2.69 bits per heavy atom. The molecule has 2 aromatic rings. The number of halogens is 3. The van der Waals surface area contributed by atoms with Crippen LogP contribution >= 0.6 is 0 Å². The van der Waals surface area contributed by atoms with E-state index in [1.54, 1.807) is 0 Å². The molecule has 196 valence electrons. The summed E-state index contributed by atoms with van der Waals surface area (Å²) in [5.74, 6) is -1.97. The van der Waals surface area contributed by atoms with E-state index in [1.165, 1.54) is 16.8 Å². The summed E-state index contributed by atoms with van der Waals surface area (Å²) in [5.41, 5.74) is -0.682. The summed E-state index contributed by atoms with van der Waals surface area (Å²) in [4.78, 5) is 39.8. The standard InChI is InChI=1S/C23H28F3N5O5/c1-13(2)11-30-20-14(3-6-17(32)29-7-8-36-12-16(29)9-23(24,25)26)10-27-31(20)22(35)18(21(30)34)19(33)28-15-4-5-15/h3,6,10,13,15-16,35H,4-5,7-9,11-12H2,1-2H3,(H,28,33). The van der Waals surface area contributed by atoms with E-state index in [0.717, 1.165) is 28.3 Å². The number of hydrogen-bond acceptors (Lipinski definition) is 6. The van der Waals surface area contributed by atoms with Gasteiger partial charge in [0.1, 0.15) is 5.65 Å². The van der Waals surface area contributed by atoms with Crippen LogP contribution in [0.25, 0.3) is 11.7 Å². The van der Waals surface area contributed by atoms with E-state index in [9.17, 15) is 32.7 Å². The Hall–Kier alpha value is -3.35. The second-order valence-corrected chi connectivity index (χ2v) is 9.50. The molecule has 36 heavy (non-hydrogen) atoms. The van der Waals surface area contributed by atoms with Crippen LogP contribution < -0.4 is 10.9 Å². The number of carbonyl (C=O) groups excluding carboxylic acids is 2. The molecule has 4 rings (SSSR count). The van der Waals surface area contributed by atoms with E-state index in [4.69, 9.17) is 4.74 Å². The van der Waals surface area contributed by atoms with E-state index < -0.39 is 47.5 Å². The van der Waals surface area contributed by atoms with Crippen molar-refractivity contribution in [2.24, 2.45) is 5.92 Å². The van der Waals surface area contributed by atoms with Crippen LogP contribution in [0.15, 0.2) is 17.1 Å². The van der Waals surface area contributed by atoms with Crippen LogP contribution in [-0.2, 0) is 16.1 Å². The topological polar surface area (TPSA) is 118 Å². The molecule has 1 unspecified atom stereocenters. The summed E-state index contributed by atoms with van der Waals surface area (Å²) >= 11 is 0. The summed E-state index contributed by atoms with van der Waals surface area (Å²) in [6, 6.07) is -1.18. The van der Waals surface area contributed by atoms with E-state index >= 15 is 0 Å². The van der Waals surface area contributed by atoms with Crippen molar-refractivity contribution in [3.05, 3.63) is 33.8 Å². The second kappa shape index (κ2) is 9.96. The van der Waals surface area contributed by atoms with Crippen molar-refractivity contribution in [3.8, 4) is 5.88 Å². The molecule has 0 spiro atoms. The van der Waals surface area contributed by atoms with Gasteiger partial charge in [-0.25, -0.2) is 0 Å². The minimum Gasteiger partial charge on any atom is -0.492 e. The molecule has 10 nitrogen and oxygen atoms in total. The molecule has 0 aromatic carbocycles. The number of rotatable bonds is 7. The highest BCUT2D eigenvalue weighted by Crippen LogP contribution is 2.27. The van der Waals surface area contributed by atoms with Crippen molar-refractivity contribution in [2.75, 3.05) is 19.8 Å². The molecule has 2 aliphatic rings. The van der Waals surface area contributed by atoms with Crippen molar-refractivity contribution in [2.45, 2.75) is 57.9 Å². The van der Waals surface area contributed by atoms with Gasteiger partial charge in [0.05, 0.1) is 31.9 Å². The van der Waals surface area contributed by atoms with Gasteiger partial charge in [0.15, 0.2) is 5.56 Å². The predicted octanol–water partition coefficient (Wildman–Crippen LogP) is 1.94. The van der Waals surface area contributed by atoms with Crippen LogP contribution in [0, 0.1) is 5.92 Å². The van der Waals surface area contributed by atoms with Gasteiger partial charge < -0.3 is 20.1 Å². The van der Waals surface area contributed by atoms with Gasteiger partial charge in [-0.15, -0.1) is 0 Å². The van der Waals surface area contributed by atoms with Gasteiger partial charge in [-0.1, -0.05) is 13.8 Å². The Morgan fingerprint density at radius 2 is 2.06 bits per heavy atom. The number of morpholine rings is 1. The van der Waals surface area contributed by atoms with Gasteiger partial charge in [0.25, 0.3) is 11.5 Å². The molecule has 3 heterocycles. The van der Waals surface area contributed by atoms with Crippen molar-refractivity contribution in [1.82, 2.24) is 24.4 Å². The normalized spacial score (nSPS) is 18.9. The zero-order chi connectivity index (χ0) is 26.2. The number of nitrogens with zero attached hydrogens (tertiary/aromatic N) is 4. The summed E-state index contributed by atoms with van der Waals surface area (Å²) in [5, 5.41) is 17.5. The number of fused-ring (bicyclic) bond motifs is 1. The van der Waals surface area contributed by atoms with Crippen LogP contribution in [0.3, 0.4) is 0 Å². The number of nitrogens with one attached hydrogen (secondary N) is 1. The maximum Gasteiger partial charge on any atom is 0.391 e. The Labute approximate surface area is 204 Å². The number of ether oxygens (including phenoxy) is 1. The smallest absolute Gasteiger partial charge is 0.391 e. The molecule has 1 aliphatic carbocycles. The third-order valence-corrected chi connectivity index (χ3v) is 5.98. The van der Waals surface area contributed by atoms with Gasteiger partial charge in [-0.05, 0) is 24.8 Å². The molecule has 0 radical (unpaired) electrons. The molecular weight excluding hydrogens is 483 g/mol. The van der Waals surface area contributed by atoms with Crippen LogP contribution in [0.2, 0.25) is 0 Å². The Kier molecular flexibility index (Phi) is 7.12. The zero-order valence-corrected chi connectivity index (χ0v) is 19.9. The molecule has 2 N–H and O–H groups in total. The Balaban J connectivity index is 1.69. The Bertz CT molecular complexity index is 1250. The number of carbonyl (C=O) groups is 2. The Morgan fingerprint density at radius 1 is 1.33 bits per heavy atom. The largest absolute Gasteiger partial charge is 0.492 e. The molecule has 13 heteroatoms. The zero-order valence-electron chi connectivity index (χ0n) is 19.9. The monoisotopic (exact) mass is 511 g/mol. The molecule has 2 amide bonds. The first-order valence-electron chi connectivity index (χ1n) is 11.7. The summed E-state index contributed by atoms with van der Waals surface area (Å²) in [6.45, 7) is 3.85. The third kappa shape index (κ3) is 5.55. The van der Waals surface area contributed by atoms with Gasteiger partial charge in [-0.2, -0.15) is 22.8 Å². The van der Waals surface area contributed by atoms with Crippen LogP contribution in [0.4, 0.5) is 13.2 Å². The number of alkyl halides is 3. The number of amides is 2. The lowest BCUT2D eigenvalue weighted by atomic mass is 10.1. The summed E-state index contributed by atoms with van der Waals surface area (Å²) in [7, 11) is 0. The average Bonchev–Trinajstić information content (AvgIpc) is 3.49. The van der Waals surface area contributed by atoms with E-state index in [1.807, 2.05) is 13.8 Å². The van der Waals surface area contributed by atoms with E-state index in [0.29, 0.717) is 0 Å². The maximum atomic E-state index is 13.3. The first kappa shape index (κ1) is 25.7. The van der Waals surface area contributed by atoms with Crippen LogP contribution in [0.5, 0.6) is 5.88 Å². The molecule has 1 atom stereocenters. The highest BCUT2D eigenvalue weighted by atomic mass is 19.4. The lowest BCUT2D eigenvalue weighted by Crippen LogP contribution is -2.49. The molecule has 2 aromatic heterocycles. The minimum absolute atomic E-state index is 0.0109.